The summed E-state index contributed by atoms with van der Waals surface area (Å²) in [6.07, 6.45) is 6.82. The standard InChI is InChI=1S/C25H31N3O2/c1-17-23-19(10-5-13-22(23)29)26-24(17)25(30)28-15-7-12-21(28)20-11-6-14-27(20)16-18-8-3-2-4-9-18/h2-4,8-9,20-21,26H,5-7,10-16H2,1H3/t20-,21+/m0/s1. The predicted molar refractivity (Wildman–Crippen MR) is 117 cm³/mol. The van der Waals surface area contributed by atoms with Crippen molar-refractivity contribution in [1.29, 1.82) is 0 Å². The lowest BCUT2D eigenvalue weighted by Crippen LogP contribution is -2.48. The van der Waals surface area contributed by atoms with Crippen LogP contribution in [0.25, 0.3) is 0 Å². The summed E-state index contributed by atoms with van der Waals surface area (Å²) < 4.78 is 0. The molecule has 5 heteroatoms. The fourth-order valence-corrected chi connectivity index (χ4v) is 5.88. The minimum atomic E-state index is 0.0868. The first-order valence-electron chi connectivity index (χ1n) is 11.5. The number of aryl methyl sites for hydroxylation is 1. The van der Waals surface area contributed by atoms with Gasteiger partial charge in [-0.05, 0) is 63.1 Å². The summed E-state index contributed by atoms with van der Waals surface area (Å²) in [6, 6.07) is 11.3. The number of amides is 1. The maximum Gasteiger partial charge on any atom is 0.270 e. The van der Waals surface area contributed by atoms with Gasteiger partial charge in [0.1, 0.15) is 5.69 Å². The predicted octanol–water partition coefficient (Wildman–Crippen LogP) is 4.11. The fourth-order valence-electron chi connectivity index (χ4n) is 5.88. The molecule has 1 N–H and O–H groups in total. The Hall–Kier alpha value is -2.40. The molecule has 0 radical (unpaired) electrons. The summed E-state index contributed by atoms with van der Waals surface area (Å²) in [5.74, 6) is 0.274. The second kappa shape index (κ2) is 8.03. The minimum Gasteiger partial charge on any atom is -0.354 e. The van der Waals surface area contributed by atoms with Gasteiger partial charge in [-0.2, -0.15) is 0 Å². The van der Waals surface area contributed by atoms with Gasteiger partial charge in [0.15, 0.2) is 5.78 Å². The van der Waals surface area contributed by atoms with E-state index < -0.39 is 0 Å². The van der Waals surface area contributed by atoms with Gasteiger partial charge in [-0.25, -0.2) is 0 Å². The van der Waals surface area contributed by atoms with Crippen LogP contribution in [0, 0.1) is 6.92 Å². The normalized spacial score (nSPS) is 24.4. The van der Waals surface area contributed by atoms with Crippen LogP contribution in [0.15, 0.2) is 30.3 Å². The van der Waals surface area contributed by atoms with E-state index in [0.717, 1.165) is 68.6 Å². The Morgan fingerprint density at radius 1 is 1.03 bits per heavy atom. The van der Waals surface area contributed by atoms with Crippen LogP contribution in [0.3, 0.4) is 0 Å². The molecule has 1 aromatic carbocycles. The third-order valence-corrected chi connectivity index (χ3v) is 7.30. The Labute approximate surface area is 178 Å². The highest BCUT2D eigenvalue weighted by atomic mass is 16.2. The van der Waals surface area contributed by atoms with Gasteiger partial charge in [-0.3, -0.25) is 14.5 Å². The molecule has 2 fully saturated rings. The number of fused-ring (bicyclic) bond motifs is 1. The first-order valence-corrected chi connectivity index (χ1v) is 11.5. The Morgan fingerprint density at radius 3 is 2.60 bits per heavy atom. The zero-order chi connectivity index (χ0) is 20.7. The van der Waals surface area contributed by atoms with Crippen molar-refractivity contribution in [1.82, 2.24) is 14.8 Å². The molecular formula is C25H31N3O2. The van der Waals surface area contributed by atoms with E-state index in [2.05, 4.69) is 45.1 Å². The molecule has 158 valence electrons. The zero-order valence-corrected chi connectivity index (χ0v) is 17.8. The van der Waals surface area contributed by atoms with Crippen molar-refractivity contribution in [3.63, 3.8) is 0 Å². The van der Waals surface area contributed by atoms with Crippen LogP contribution >= 0.6 is 0 Å². The smallest absolute Gasteiger partial charge is 0.270 e. The highest BCUT2D eigenvalue weighted by molar-refractivity contribution is 6.04. The maximum absolute atomic E-state index is 13.6. The van der Waals surface area contributed by atoms with Gasteiger partial charge in [0.2, 0.25) is 0 Å². The molecule has 0 bridgehead atoms. The van der Waals surface area contributed by atoms with E-state index in [9.17, 15) is 9.59 Å². The molecule has 1 aliphatic carbocycles. The molecule has 2 aliphatic heterocycles. The van der Waals surface area contributed by atoms with Gasteiger partial charge < -0.3 is 9.88 Å². The maximum atomic E-state index is 13.6. The Kier molecular flexibility index (Phi) is 5.23. The summed E-state index contributed by atoms with van der Waals surface area (Å²) in [7, 11) is 0. The highest BCUT2D eigenvalue weighted by Gasteiger charge is 2.41. The van der Waals surface area contributed by atoms with E-state index in [1.807, 2.05) is 6.92 Å². The van der Waals surface area contributed by atoms with Gasteiger partial charge in [-0.15, -0.1) is 0 Å². The van der Waals surface area contributed by atoms with Crippen LogP contribution in [0.5, 0.6) is 0 Å². The van der Waals surface area contributed by atoms with Crippen molar-refractivity contribution < 1.29 is 9.59 Å². The number of nitrogens with one attached hydrogen (secondary N) is 1. The summed E-state index contributed by atoms with van der Waals surface area (Å²) in [5, 5.41) is 0. The zero-order valence-electron chi connectivity index (χ0n) is 17.8. The van der Waals surface area contributed by atoms with E-state index in [1.165, 1.54) is 12.0 Å². The molecule has 30 heavy (non-hydrogen) atoms. The van der Waals surface area contributed by atoms with Gasteiger partial charge in [-0.1, -0.05) is 30.3 Å². The molecule has 0 saturated carbocycles. The number of hydrogen-bond donors (Lipinski definition) is 1. The number of nitrogens with zero attached hydrogens (tertiary/aromatic N) is 2. The number of aromatic nitrogens is 1. The first-order chi connectivity index (χ1) is 14.6. The highest BCUT2D eigenvalue weighted by Crippen LogP contribution is 2.33. The van der Waals surface area contributed by atoms with E-state index in [1.54, 1.807) is 0 Å². The lowest BCUT2D eigenvalue weighted by atomic mass is 9.93. The quantitative estimate of drug-likeness (QED) is 0.833. The topological polar surface area (TPSA) is 56.4 Å². The van der Waals surface area contributed by atoms with E-state index in [4.69, 9.17) is 0 Å². The Morgan fingerprint density at radius 2 is 1.80 bits per heavy atom. The number of likely N-dealkylation sites (tertiary alicyclic amines) is 2. The Balaban J connectivity index is 1.37. The van der Waals surface area contributed by atoms with Gasteiger partial charge in [0.25, 0.3) is 5.91 Å². The largest absolute Gasteiger partial charge is 0.354 e. The van der Waals surface area contributed by atoms with Gasteiger partial charge in [0, 0.05) is 42.9 Å². The van der Waals surface area contributed by atoms with Crippen LogP contribution in [-0.2, 0) is 13.0 Å². The monoisotopic (exact) mass is 405 g/mol. The third kappa shape index (κ3) is 3.39. The van der Waals surface area contributed by atoms with Crippen molar-refractivity contribution >= 4 is 11.7 Å². The number of ketones is 1. The summed E-state index contributed by atoms with van der Waals surface area (Å²) in [6.45, 7) is 4.81. The van der Waals surface area contributed by atoms with E-state index >= 15 is 0 Å². The number of carbonyl (C=O) groups excluding carboxylic acids is 2. The molecule has 5 nitrogen and oxygen atoms in total. The van der Waals surface area contributed by atoms with Crippen LogP contribution < -0.4 is 0 Å². The SMILES string of the molecule is Cc1c(C(=O)N2CCC[C@@H]2[C@@H]2CCCN2Cc2ccccc2)[nH]c2c1C(=O)CCC2. The van der Waals surface area contributed by atoms with Crippen LogP contribution in [0.2, 0.25) is 0 Å². The number of Topliss-reactive ketones (excluding diaryl/α,β-unsaturated/α-hetero) is 1. The third-order valence-electron chi connectivity index (χ3n) is 7.30. The molecule has 0 unspecified atom stereocenters. The summed E-state index contributed by atoms with van der Waals surface area (Å²) in [4.78, 5) is 34.0. The molecule has 1 amide bonds. The second-order valence-corrected chi connectivity index (χ2v) is 9.13. The number of carbonyl (C=O) groups is 2. The van der Waals surface area contributed by atoms with Crippen molar-refractivity contribution in [2.24, 2.45) is 0 Å². The first kappa shape index (κ1) is 19.6. The van der Waals surface area contributed by atoms with Crippen LogP contribution in [0.4, 0.5) is 0 Å². The van der Waals surface area contributed by atoms with Gasteiger partial charge >= 0.3 is 0 Å². The van der Waals surface area contributed by atoms with Crippen LogP contribution in [0.1, 0.15) is 76.2 Å². The molecule has 3 aliphatic rings. The molecule has 2 saturated heterocycles. The molecular weight excluding hydrogens is 374 g/mol. The Bertz CT molecular complexity index is 949. The number of rotatable bonds is 4. The van der Waals surface area contributed by atoms with Crippen molar-refractivity contribution in [2.45, 2.75) is 70.5 Å². The number of aromatic amines is 1. The van der Waals surface area contributed by atoms with Crippen molar-refractivity contribution in [3.8, 4) is 0 Å². The van der Waals surface area contributed by atoms with Crippen molar-refractivity contribution in [2.75, 3.05) is 13.1 Å². The molecule has 5 rings (SSSR count). The molecule has 1 aromatic heterocycles. The molecule has 3 heterocycles. The average molecular weight is 406 g/mol. The number of hydrogen-bond acceptors (Lipinski definition) is 3. The second-order valence-electron chi connectivity index (χ2n) is 9.13. The lowest BCUT2D eigenvalue weighted by molar-refractivity contribution is 0.0633. The lowest BCUT2D eigenvalue weighted by Gasteiger charge is -2.35. The fraction of sp³-hybridized carbons (Fsp3) is 0.520. The van der Waals surface area contributed by atoms with Crippen LogP contribution in [-0.4, -0.2) is 51.6 Å². The van der Waals surface area contributed by atoms with Gasteiger partial charge in [0.05, 0.1) is 0 Å². The van der Waals surface area contributed by atoms with E-state index in [0.29, 0.717) is 18.2 Å². The minimum absolute atomic E-state index is 0.0868. The molecule has 0 spiro atoms. The van der Waals surface area contributed by atoms with Crippen molar-refractivity contribution in [3.05, 3.63) is 58.4 Å². The van der Waals surface area contributed by atoms with E-state index in [-0.39, 0.29) is 17.7 Å². The number of benzene rings is 1. The molecule has 2 atom stereocenters. The average Bonchev–Trinajstić information content (AvgIpc) is 3.47. The number of H-pyrrole nitrogens is 1. The molecule has 2 aromatic rings. The summed E-state index contributed by atoms with van der Waals surface area (Å²) >= 11 is 0. The summed E-state index contributed by atoms with van der Waals surface area (Å²) in [5.41, 5.74) is 4.60.